The number of carbonyl (C=O) groups excluding carboxylic acids is 1. The summed E-state index contributed by atoms with van der Waals surface area (Å²) >= 11 is 0. The van der Waals surface area contributed by atoms with Gasteiger partial charge in [0.2, 0.25) is 0 Å². The lowest BCUT2D eigenvalue weighted by Gasteiger charge is -2.27. The molecule has 38 heavy (non-hydrogen) atoms. The molecule has 2 aromatic carbocycles. The second-order valence-corrected chi connectivity index (χ2v) is 10.9. The molecule has 2 aliphatic heterocycles. The van der Waals surface area contributed by atoms with Crippen molar-refractivity contribution in [1.82, 2.24) is 15.4 Å². The number of urea groups is 1. The quantitative estimate of drug-likeness (QED) is 0.310. The molecule has 8 heteroatoms. The Labute approximate surface area is 224 Å². The summed E-state index contributed by atoms with van der Waals surface area (Å²) in [5, 5.41) is 12.9. The zero-order valence-electron chi connectivity index (χ0n) is 22.2. The minimum absolute atomic E-state index is 0.180. The van der Waals surface area contributed by atoms with Crippen molar-refractivity contribution in [2.24, 2.45) is 0 Å². The van der Waals surface area contributed by atoms with Gasteiger partial charge in [-0.25, -0.2) is 4.79 Å². The topological polar surface area (TPSA) is 91.7 Å². The summed E-state index contributed by atoms with van der Waals surface area (Å²) in [4.78, 5) is 14.9. The second kappa shape index (κ2) is 11.3. The molecule has 0 aliphatic carbocycles. The van der Waals surface area contributed by atoms with Crippen LogP contribution in [-0.4, -0.2) is 54.4 Å². The van der Waals surface area contributed by atoms with Gasteiger partial charge < -0.3 is 19.9 Å². The highest BCUT2D eigenvalue weighted by molar-refractivity contribution is 5.99. The van der Waals surface area contributed by atoms with Crippen molar-refractivity contribution in [2.75, 3.05) is 36.9 Å². The van der Waals surface area contributed by atoms with Gasteiger partial charge in [0.1, 0.15) is 11.5 Å². The number of anilines is 2. The molecular weight excluding hydrogens is 478 g/mol. The maximum absolute atomic E-state index is 12.3. The Morgan fingerprint density at radius 3 is 2.42 bits per heavy atom. The number of nitrogens with zero attached hydrogens (tertiary/aromatic N) is 2. The Balaban J connectivity index is 1.05. The lowest BCUT2D eigenvalue weighted by molar-refractivity contribution is 0.202. The van der Waals surface area contributed by atoms with Gasteiger partial charge in [-0.05, 0) is 61.4 Å². The van der Waals surface area contributed by atoms with Crippen molar-refractivity contribution < 1.29 is 14.1 Å². The summed E-state index contributed by atoms with van der Waals surface area (Å²) < 4.78 is 11.2. The minimum Gasteiger partial charge on any atom is -0.494 e. The number of nitrogens with one attached hydrogen (secondary N) is 3. The average Bonchev–Trinajstić information content (AvgIpc) is 3.64. The van der Waals surface area contributed by atoms with E-state index in [1.807, 2.05) is 69.3 Å². The van der Waals surface area contributed by atoms with Crippen molar-refractivity contribution in [1.29, 1.82) is 0 Å². The number of ether oxygens (including phenoxy) is 1. The second-order valence-electron chi connectivity index (χ2n) is 10.9. The summed E-state index contributed by atoms with van der Waals surface area (Å²) in [5.74, 6) is 8.29. The number of likely N-dealkylation sites (tertiary alicyclic amines) is 1. The normalized spacial score (nSPS) is 18.6. The van der Waals surface area contributed by atoms with E-state index in [2.05, 4.69) is 37.8 Å². The van der Waals surface area contributed by atoms with Gasteiger partial charge in [-0.15, -0.1) is 0 Å². The van der Waals surface area contributed by atoms with Crippen LogP contribution in [0.3, 0.4) is 0 Å². The van der Waals surface area contributed by atoms with Crippen LogP contribution < -0.4 is 20.7 Å². The van der Waals surface area contributed by atoms with Crippen LogP contribution >= 0.6 is 0 Å². The highest BCUT2D eigenvalue weighted by Crippen LogP contribution is 2.25. The van der Waals surface area contributed by atoms with E-state index in [1.54, 1.807) is 6.07 Å². The number of fused-ring (bicyclic) bond motifs is 2. The van der Waals surface area contributed by atoms with Gasteiger partial charge in [0.25, 0.3) is 0 Å². The van der Waals surface area contributed by atoms with E-state index in [0.29, 0.717) is 23.3 Å². The lowest BCUT2D eigenvalue weighted by Crippen LogP contribution is -2.44. The van der Waals surface area contributed by atoms with Crippen LogP contribution in [-0.2, 0) is 5.41 Å². The van der Waals surface area contributed by atoms with Gasteiger partial charge >= 0.3 is 6.03 Å². The van der Waals surface area contributed by atoms with E-state index >= 15 is 0 Å². The van der Waals surface area contributed by atoms with Crippen LogP contribution in [0.2, 0.25) is 0 Å². The molecule has 198 valence electrons. The fraction of sp³-hybridized carbons (Fsp3) is 0.400. The summed E-state index contributed by atoms with van der Waals surface area (Å²) in [6.07, 6.45) is 2.33. The lowest BCUT2D eigenvalue weighted by atomic mass is 9.93. The van der Waals surface area contributed by atoms with Crippen molar-refractivity contribution >= 4 is 17.5 Å². The number of benzene rings is 2. The van der Waals surface area contributed by atoms with Crippen LogP contribution in [0.1, 0.15) is 50.5 Å². The Kier molecular flexibility index (Phi) is 7.68. The number of hydrogen-bond donors (Lipinski definition) is 3. The highest BCUT2D eigenvalue weighted by atomic mass is 16.5. The molecule has 3 N–H and O–H groups in total. The number of piperazine rings is 1. The molecule has 1 aromatic heterocycles. The van der Waals surface area contributed by atoms with E-state index in [9.17, 15) is 4.79 Å². The SMILES string of the molecule is CC(C)(C)c1cc(NC(=O)Nc2ccc(C#Cc3ccc(OCCCN4CC5CC4CN5)cc3)cc2)no1. The van der Waals surface area contributed by atoms with E-state index in [4.69, 9.17) is 9.26 Å². The third-order valence-corrected chi connectivity index (χ3v) is 6.87. The number of rotatable bonds is 7. The fourth-order valence-electron chi connectivity index (χ4n) is 4.76. The van der Waals surface area contributed by atoms with Crippen LogP contribution in [0.5, 0.6) is 5.75 Å². The number of carbonyl (C=O) groups is 1. The summed E-state index contributed by atoms with van der Waals surface area (Å²) in [6, 6.07) is 18.0. The monoisotopic (exact) mass is 513 g/mol. The largest absolute Gasteiger partial charge is 0.494 e. The minimum atomic E-state index is -0.389. The predicted octanol–water partition coefficient (Wildman–Crippen LogP) is 4.83. The molecule has 0 spiro atoms. The third-order valence-electron chi connectivity index (χ3n) is 6.87. The molecule has 5 rings (SSSR count). The Bertz CT molecular complexity index is 1300. The van der Waals surface area contributed by atoms with E-state index < -0.39 is 0 Å². The van der Waals surface area contributed by atoms with Crippen LogP contribution in [0.25, 0.3) is 0 Å². The van der Waals surface area contributed by atoms with E-state index in [0.717, 1.165) is 49.0 Å². The number of hydrogen-bond acceptors (Lipinski definition) is 6. The maximum atomic E-state index is 12.3. The van der Waals surface area contributed by atoms with Crippen molar-refractivity contribution in [3.05, 3.63) is 71.5 Å². The molecule has 2 bridgehead atoms. The van der Waals surface area contributed by atoms with Crippen molar-refractivity contribution in [3.63, 3.8) is 0 Å². The highest BCUT2D eigenvalue weighted by Gasteiger charge is 2.36. The van der Waals surface area contributed by atoms with Crippen LogP contribution in [0, 0.1) is 11.8 Å². The molecule has 2 saturated heterocycles. The van der Waals surface area contributed by atoms with Gasteiger partial charge in [0.05, 0.1) is 6.61 Å². The molecule has 8 nitrogen and oxygen atoms in total. The molecular formula is C30H35N5O3. The van der Waals surface area contributed by atoms with Gasteiger partial charge in [0.15, 0.2) is 5.82 Å². The summed E-state index contributed by atoms with van der Waals surface area (Å²) in [6.45, 7) is 10.2. The van der Waals surface area contributed by atoms with Crippen molar-refractivity contribution in [2.45, 2.75) is 51.1 Å². The van der Waals surface area contributed by atoms with E-state index in [-0.39, 0.29) is 11.4 Å². The zero-order valence-corrected chi connectivity index (χ0v) is 22.2. The summed E-state index contributed by atoms with van der Waals surface area (Å²) in [7, 11) is 0. The first kappa shape index (κ1) is 25.8. The van der Waals surface area contributed by atoms with Crippen LogP contribution in [0.15, 0.2) is 59.1 Å². The fourth-order valence-corrected chi connectivity index (χ4v) is 4.76. The van der Waals surface area contributed by atoms with Gasteiger partial charge in [-0.1, -0.05) is 37.8 Å². The maximum Gasteiger partial charge on any atom is 0.324 e. The molecule has 0 saturated carbocycles. The Morgan fingerprint density at radius 1 is 1.11 bits per heavy atom. The van der Waals surface area contributed by atoms with Gasteiger partial charge in [-0.2, -0.15) is 0 Å². The molecule has 2 atom stereocenters. The molecule has 2 aliphatic rings. The molecule has 3 heterocycles. The Morgan fingerprint density at radius 2 is 1.82 bits per heavy atom. The average molecular weight is 514 g/mol. The molecule has 0 radical (unpaired) electrons. The number of aromatic nitrogens is 1. The van der Waals surface area contributed by atoms with Gasteiger partial charge in [0, 0.05) is 60.0 Å². The molecule has 2 unspecified atom stereocenters. The van der Waals surface area contributed by atoms with E-state index in [1.165, 1.54) is 13.0 Å². The number of amides is 2. The first-order valence-corrected chi connectivity index (χ1v) is 13.2. The molecule has 2 amide bonds. The molecule has 2 fully saturated rings. The van der Waals surface area contributed by atoms with Gasteiger partial charge in [-0.3, -0.25) is 10.2 Å². The third kappa shape index (κ3) is 6.74. The van der Waals surface area contributed by atoms with Crippen molar-refractivity contribution in [3.8, 4) is 17.6 Å². The zero-order chi connectivity index (χ0) is 26.5. The first-order valence-electron chi connectivity index (χ1n) is 13.2. The van der Waals surface area contributed by atoms with Crippen LogP contribution in [0.4, 0.5) is 16.3 Å². The molecule has 3 aromatic rings. The standard InChI is InChI=1S/C30H35N5O3/c1-30(2,3)27-18-28(34-38-27)33-29(36)32-23-11-7-21(8-12-23)5-6-22-9-13-26(14-10-22)37-16-4-15-35-20-24-17-25(35)19-31-24/h7-14,18,24-25,31H,4,15-17,19-20H2,1-3H3,(H2,32,33,34,36). The Hall–Kier alpha value is -3.80. The predicted molar refractivity (Wildman–Crippen MR) is 149 cm³/mol. The smallest absolute Gasteiger partial charge is 0.324 e. The summed E-state index contributed by atoms with van der Waals surface area (Å²) in [5.41, 5.74) is 2.25. The first-order chi connectivity index (χ1) is 18.3.